The van der Waals surface area contributed by atoms with Gasteiger partial charge in [0.05, 0.1) is 17.2 Å². The summed E-state index contributed by atoms with van der Waals surface area (Å²) in [6.07, 6.45) is 2.59. The summed E-state index contributed by atoms with van der Waals surface area (Å²) < 4.78 is 0. The van der Waals surface area contributed by atoms with Crippen molar-refractivity contribution in [3.8, 4) is 0 Å². The lowest BCUT2D eigenvalue weighted by Gasteiger charge is -2.00. The lowest BCUT2D eigenvalue weighted by molar-refractivity contribution is 1.10. The lowest BCUT2D eigenvalue weighted by Crippen LogP contribution is -2.05. The standard InChI is InChI=1S/C11H12N2OS.ClH/c1-2-5-15-8-3-4-9-10(6-8)12-7-13-11(9)14;/h3-4,6-7H,2,5H2,1H3,(H,12,13,14);1H. The molecule has 1 aromatic carbocycles. The van der Waals surface area contributed by atoms with Crippen molar-refractivity contribution in [1.29, 1.82) is 0 Å². The molecule has 0 amide bonds. The molecule has 2 rings (SSSR count). The van der Waals surface area contributed by atoms with Crippen LogP contribution >= 0.6 is 24.2 Å². The summed E-state index contributed by atoms with van der Waals surface area (Å²) in [5.41, 5.74) is 0.687. The number of rotatable bonds is 3. The number of nitrogens with one attached hydrogen (secondary N) is 1. The molecule has 0 unspecified atom stereocenters. The quantitative estimate of drug-likeness (QED) is 0.859. The molecule has 2 aromatic rings. The highest BCUT2D eigenvalue weighted by Gasteiger charge is 2.00. The van der Waals surface area contributed by atoms with Crippen molar-refractivity contribution in [2.24, 2.45) is 0 Å². The topological polar surface area (TPSA) is 45.8 Å². The van der Waals surface area contributed by atoms with Crippen LogP contribution in [0.2, 0.25) is 0 Å². The second-order valence-corrected chi connectivity index (χ2v) is 4.43. The maximum Gasteiger partial charge on any atom is 0.258 e. The minimum absolute atomic E-state index is 0. The van der Waals surface area contributed by atoms with E-state index in [0.717, 1.165) is 17.7 Å². The molecular formula is C11H13ClN2OS. The number of aromatic nitrogens is 2. The van der Waals surface area contributed by atoms with E-state index in [1.54, 1.807) is 11.8 Å². The number of halogens is 1. The van der Waals surface area contributed by atoms with Crippen LogP contribution in [0.4, 0.5) is 0 Å². The van der Waals surface area contributed by atoms with E-state index in [-0.39, 0.29) is 18.0 Å². The number of H-pyrrole nitrogens is 1. The molecule has 0 atom stereocenters. The summed E-state index contributed by atoms with van der Waals surface area (Å²) in [6.45, 7) is 2.15. The van der Waals surface area contributed by atoms with Crippen LogP contribution in [0.3, 0.4) is 0 Å². The van der Waals surface area contributed by atoms with Gasteiger partial charge in [-0.25, -0.2) is 4.98 Å². The highest BCUT2D eigenvalue weighted by atomic mass is 35.5. The van der Waals surface area contributed by atoms with Crippen LogP contribution in [0, 0.1) is 0 Å². The molecule has 0 aliphatic rings. The first-order chi connectivity index (χ1) is 7.31. The predicted molar refractivity (Wildman–Crippen MR) is 70.6 cm³/mol. The van der Waals surface area contributed by atoms with Gasteiger partial charge >= 0.3 is 0 Å². The van der Waals surface area contributed by atoms with Crippen LogP contribution < -0.4 is 5.56 Å². The third kappa shape index (κ3) is 2.77. The van der Waals surface area contributed by atoms with Crippen LogP contribution in [0.5, 0.6) is 0 Å². The number of fused-ring (bicyclic) bond motifs is 1. The summed E-state index contributed by atoms with van der Waals surface area (Å²) >= 11 is 1.79. The Morgan fingerprint density at radius 2 is 2.25 bits per heavy atom. The van der Waals surface area contributed by atoms with E-state index in [4.69, 9.17) is 0 Å². The Balaban J connectivity index is 0.00000128. The molecule has 0 spiro atoms. The number of aromatic amines is 1. The molecule has 0 aliphatic carbocycles. The Morgan fingerprint density at radius 1 is 1.44 bits per heavy atom. The fraction of sp³-hybridized carbons (Fsp3) is 0.273. The van der Waals surface area contributed by atoms with Crippen molar-refractivity contribution in [2.75, 3.05) is 5.75 Å². The molecule has 0 saturated heterocycles. The summed E-state index contributed by atoms with van der Waals surface area (Å²) in [7, 11) is 0. The zero-order chi connectivity index (χ0) is 10.7. The average molecular weight is 257 g/mol. The molecule has 16 heavy (non-hydrogen) atoms. The van der Waals surface area contributed by atoms with Gasteiger partial charge in [-0.15, -0.1) is 24.2 Å². The van der Waals surface area contributed by atoms with Gasteiger partial charge in [-0.1, -0.05) is 6.92 Å². The molecule has 0 fully saturated rings. The highest BCUT2D eigenvalue weighted by Crippen LogP contribution is 2.21. The molecule has 1 N–H and O–H groups in total. The number of benzene rings is 1. The minimum Gasteiger partial charge on any atom is -0.313 e. The van der Waals surface area contributed by atoms with Crippen molar-refractivity contribution in [2.45, 2.75) is 18.2 Å². The van der Waals surface area contributed by atoms with Gasteiger partial charge in [0.2, 0.25) is 0 Å². The SMILES string of the molecule is CCCSc1ccc2c(=O)[nH]cnc2c1.Cl. The fourth-order valence-electron chi connectivity index (χ4n) is 1.36. The Hall–Kier alpha value is -1.00. The molecule has 86 valence electrons. The van der Waals surface area contributed by atoms with Crippen molar-refractivity contribution >= 4 is 35.1 Å². The van der Waals surface area contributed by atoms with E-state index in [1.165, 1.54) is 11.2 Å². The Kier molecular flexibility index (Phi) is 4.83. The lowest BCUT2D eigenvalue weighted by atomic mass is 10.2. The maximum atomic E-state index is 11.4. The molecule has 0 saturated carbocycles. The van der Waals surface area contributed by atoms with Crippen LogP contribution in [0.1, 0.15) is 13.3 Å². The third-order valence-electron chi connectivity index (χ3n) is 2.09. The van der Waals surface area contributed by atoms with E-state index < -0.39 is 0 Å². The Labute approximate surface area is 104 Å². The summed E-state index contributed by atoms with van der Waals surface area (Å²) in [5, 5.41) is 0.651. The van der Waals surface area contributed by atoms with Gasteiger partial charge in [0.15, 0.2) is 0 Å². The largest absolute Gasteiger partial charge is 0.313 e. The molecule has 0 aliphatic heterocycles. The smallest absolute Gasteiger partial charge is 0.258 e. The zero-order valence-corrected chi connectivity index (χ0v) is 10.5. The van der Waals surface area contributed by atoms with Crippen LogP contribution in [-0.2, 0) is 0 Å². The fourth-order valence-corrected chi connectivity index (χ4v) is 2.16. The monoisotopic (exact) mass is 256 g/mol. The molecular weight excluding hydrogens is 244 g/mol. The second-order valence-electron chi connectivity index (χ2n) is 3.26. The van der Waals surface area contributed by atoms with E-state index >= 15 is 0 Å². The van der Waals surface area contributed by atoms with Gasteiger partial charge in [0, 0.05) is 4.90 Å². The van der Waals surface area contributed by atoms with Gasteiger partial charge in [0.1, 0.15) is 0 Å². The number of hydrogen-bond acceptors (Lipinski definition) is 3. The van der Waals surface area contributed by atoms with Crippen LogP contribution in [-0.4, -0.2) is 15.7 Å². The normalized spacial score (nSPS) is 10.1. The van der Waals surface area contributed by atoms with E-state index in [9.17, 15) is 4.79 Å². The van der Waals surface area contributed by atoms with Crippen molar-refractivity contribution in [3.05, 3.63) is 34.9 Å². The van der Waals surface area contributed by atoms with Gasteiger partial charge < -0.3 is 4.98 Å². The van der Waals surface area contributed by atoms with E-state index in [2.05, 4.69) is 16.9 Å². The summed E-state index contributed by atoms with van der Waals surface area (Å²) in [5.74, 6) is 1.09. The molecule has 0 radical (unpaired) electrons. The molecule has 1 aromatic heterocycles. The summed E-state index contributed by atoms with van der Waals surface area (Å²) in [4.78, 5) is 19.3. The van der Waals surface area contributed by atoms with Crippen molar-refractivity contribution < 1.29 is 0 Å². The van der Waals surface area contributed by atoms with Gasteiger partial charge in [-0.05, 0) is 30.4 Å². The zero-order valence-electron chi connectivity index (χ0n) is 8.90. The average Bonchev–Trinajstić information content (AvgIpc) is 2.26. The molecule has 5 heteroatoms. The van der Waals surface area contributed by atoms with Gasteiger partial charge in [-0.3, -0.25) is 4.79 Å². The number of thioether (sulfide) groups is 1. The van der Waals surface area contributed by atoms with Crippen molar-refractivity contribution in [3.63, 3.8) is 0 Å². The Morgan fingerprint density at radius 3 is 3.00 bits per heavy atom. The Bertz CT molecular complexity index is 527. The van der Waals surface area contributed by atoms with Crippen LogP contribution in [0.15, 0.2) is 34.2 Å². The number of hydrogen-bond donors (Lipinski definition) is 1. The molecule has 0 bridgehead atoms. The van der Waals surface area contributed by atoms with E-state index in [1.807, 2.05) is 18.2 Å². The van der Waals surface area contributed by atoms with Gasteiger partial charge in [-0.2, -0.15) is 0 Å². The summed E-state index contributed by atoms with van der Waals surface area (Å²) in [6, 6.07) is 5.77. The van der Waals surface area contributed by atoms with Crippen LogP contribution in [0.25, 0.3) is 10.9 Å². The molecule has 1 heterocycles. The van der Waals surface area contributed by atoms with Gasteiger partial charge in [0.25, 0.3) is 5.56 Å². The van der Waals surface area contributed by atoms with Crippen molar-refractivity contribution in [1.82, 2.24) is 9.97 Å². The first-order valence-corrected chi connectivity index (χ1v) is 5.90. The van der Waals surface area contributed by atoms with E-state index in [0.29, 0.717) is 5.39 Å². The minimum atomic E-state index is -0.0768. The first-order valence-electron chi connectivity index (χ1n) is 4.91. The second kappa shape index (κ2) is 5.92. The maximum absolute atomic E-state index is 11.4. The predicted octanol–water partition coefficient (Wildman–Crippen LogP) is 2.85. The third-order valence-corrected chi connectivity index (χ3v) is 3.29. The number of nitrogens with zero attached hydrogens (tertiary/aromatic N) is 1. The first kappa shape index (κ1) is 13.1. The molecule has 3 nitrogen and oxygen atoms in total. The highest BCUT2D eigenvalue weighted by molar-refractivity contribution is 7.99.